The zero-order valence-electron chi connectivity index (χ0n) is 12.0. The van der Waals surface area contributed by atoms with Gasteiger partial charge in [0.25, 0.3) is 0 Å². The van der Waals surface area contributed by atoms with E-state index < -0.39 is 22.0 Å². The Kier molecular flexibility index (Phi) is 3.96. The summed E-state index contributed by atoms with van der Waals surface area (Å²) in [6.45, 7) is 0.738. The number of benzene rings is 1. The molecule has 2 aromatic rings. The van der Waals surface area contributed by atoms with Crippen LogP contribution in [0, 0.1) is 0 Å². The lowest BCUT2D eigenvalue weighted by Gasteiger charge is -2.35. The second-order valence-corrected chi connectivity index (χ2v) is 7.33. The molecule has 23 heavy (non-hydrogen) atoms. The van der Waals surface area contributed by atoms with Crippen molar-refractivity contribution in [3.63, 3.8) is 0 Å². The van der Waals surface area contributed by atoms with Crippen molar-refractivity contribution in [2.75, 3.05) is 36.8 Å². The number of alkyl halides is 3. The van der Waals surface area contributed by atoms with Gasteiger partial charge in [0.2, 0.25) is 10.0 Å². The summed E-state index contributed by atoms with van der Waals surface area (Å²) in [6.07, 6.45) is -3.05. The average molecular weight is 348 g/mol. The fourth-order valence-corrected chi connectivity index (χ4v) is 4.05. The molecule has 0 atom stereocenters. The second-order valence-electron chi connectivity index (χ2n) is 5.37. The fourth-order valence-electron chi connectivity index (χ4n) is 2.73. The van der Waals surface area contributed by atoms with Crippen molar-refractivity contribution in [2.45, 2.75) is 6.18 Å². The van der Waals surface area contributed by atoms with Crippen LogP contribution in [0.2, 0.25) is 0 Å². The van der Waals surface area contributed by atoms with Gasteiger partial charge in [0.05, 0.1) is 11.7 Å². The standard InChI is InChI=1S/C13H15F3N4O2S/c14-13(15,16)9-23(21,22)20-6-4-19(5-7-20)12-3-1-2-11-10(12)8-17-18-11/h1-3,8H,4-7,9H2,(H,17,18). The molecule has 1 aliphatic rings. The first-order valence-corrected chi connectivity index (χ1v) is 8.59. The van der Waals surface area contributed by atoms with Gasteiger partial charge >= 0.3 is 6.18 Å². The zero-order valence-corrected chi connectivity index (χ0v) is 12.9. The number of anilines is 1. The molecule has 3 rings (SSSR count). The second kappa shape index (κ2) is 5.68. The molecular weight excluding hydrogens is 333 g/mol. The third-order valence-corrected chi connectivity index (χ3v) is 5.62. The third kappa shape index (κ3) is 3.42. The van der Waals surface area contributed by atoms with E-state index in [0.717, 1.165) is 20.9 Å². The molecule has 1 aliphatic heterocycles. The zero-order chi connectivity index (χ0) is 16.7. The van der Waals surface area contributed by atoms with Crippen LogP contribution >= 0.6 is 0 Å². The predicted octanol–water partition coefficient (Wildman–Crippen LogP) is 1.58. The van der Waals surface area contributed by atoms with Crippen LogP contribution in [0.1, 0.15) is 0 Å². The fraction of sp³-hybridized carbons (Fsp3) is 0.462. The molecule has 1 aromatic heterocycles. The van der Waals surface area contributed by atoms with Gasteiger partial charge in [-0.25, -0.2) is 8.42 Å². The van der Waals surface area contributed by atoms with E-state index in [0.29, 0.717) is 13.1 Å². The first-order chi connectivity index (χ1) is 10.8. The summed E-state index contributed by atoms with van der Waals surface area (Å²) < 4.78 is 61.6. The Morgan fingerprint density at radius 3 is 2.52 bits per heavy atom. The quantitative estimate of drug-likeness (QED) is 0.914. The van der Waals surface area contributed by atoms with Crippen molar-refractivity contribution >= 4 is 26.6 Å². The SMILES string of the molecule is O=S(=O)(CC(F)(F)F)N1CCN(c2cccc3[nH]ncc23)CC1. The van der Waals surface area contributed by atoms with Gasteiger partial charge in [-0.1, -0.05) is 6.07 Å². The van der Waals surface area contributed by atoms with E-state index >= 15 is 0 Å². The molecule has 1 saturated heterocycles. The lowest BCUT2D eigenvalue weighted by atomic mass is 10.2. The van der Waals surface area contributed by atoms with Gasteiger partial charge in [0, 0.05) is 37.3 Å². The van der Waals surface area contributed by atoms with Gasteiger partial charge in [0.1, 0.15) is 0 Å². The Morgan fingerprint density at radius 1 is 1.17 bits per heavy atom. The maximum Gasteiger partial charge on any atom is 0.404 e. The Labute approximate surface area is 130 Å². The maximum absolute atomic E-state index is 12.4. The minimum absolute atomic E-state index is 0.0344. The van der Waals surface area contributed by atoms with Crippen LogP contribution in [0.4, 0.5) is 18.9 Å². The van der Waals surface area contributed by atoms with Crippen LogP contribution < -0.4 is 4.90 Å². The van der Waals surface area contributed by atoms with Crippen molar-refractivity contribution in [3.05, 3.63) is 24.4 Å². The molecule has 2 heterocycles. The molecule has 0 aliphatic carbocycles. The lowest BCUT2D eigenvalue weighted by molar-refractivity contribution is -0.107. The Balaban J connectivity index is 1.73. The molecule has 1 aromatic carbocycles. The number of aromatic amines is 1. The van der Waals surface area contributed by atoms with Crippen LogP contribution in [0.3, 0.4) is 0 Å². The minimum Gasteiger partial charge on any atom is -0.368 e. The van der Waals surface area contributed by atoms with Crippen LogP contribution in [0.25, 0.3) is 10.9 Å². The van der Waals surface area contributed by atoms with Gasteiger partial charge in [-0.05, 0) is 12.1 Å². The number of sulfonamides is 1. The molecule has 0 radical (unpaired) electrons. The summed E-state index contributed by atoms with van der Waals surface area (Å²) in [5.41, 5.74) is 1.75. The van der Waals surface area contributed by atoms with Crippen molar-refractivity contribution in [3.8, 4) is 0 Å². The maximum atomic E-state index is 12.4. The Morgan fingerprint density at radius 2 is 1.87 bits per heavy atom. The number of nitrogens with one attached hydrogen (secondary N) is 1. The summed E-state index contributed by atoms with van der Waals surface area (Å²) >= 11 is 0. The number of aromatic nitrogens is 2. The highest BCUT2D eigenvalue weighted by Gasteiger charge is 2.39. The first-order valence-electron chi connectivity index (χ1n) is 6.98. The Bertz CT molecular complexity index is 795. The van der Waals surface area contributed by atoms with E-state index in [-0.39, 0.29) is 13.1 Å². The highest BCUT2D eigenvalue weighted by Crippen LogP contribution is 2.27. The van der Waals surface area contributed by atoms with E-state index in [1.807, 2.05) is 23.1 Å². The number of hydrogen-bond acceptors (Lipinski definition) is 4. The molecule has 126 valence electrons. The summed E-state index contributed by atoms with van der Waals surface area (Å²) in [7, 11) is -4.32. The Hall–Kier alpha value is -1.81. The summed E-state index contributed by atoms with van der Waals surface area (Å²) in [4.78, 5) is 1.96. The minimum atomic E-state index is -4.72. The summed E-state index contributed by atoms with van der Waals surface area (Å²) in [5.74, 6) is -1.81. The number of H-pyrrole nitrogens is 1. The largest absolute Gasteiger partial charge is 0.404 e. The molecule has 0 bridgehead atoms. The van der Waals surface area contributed by atoms with Crippen LogP contribution in [0.15, 0.2) is 24.4 Å². The van der Waals surface area contributed by atoms with E-state index in [9.17, 15) is 21.6 Å². The van der Waals surface area contributed by atoms with Gasteiger partial charge < -0.3 is 4.90 Å². The number of piperazine rings is 1. The molecule has 0 saturated carbocycles. The third-order valence-electron chi connectivity index (χ3n) is 3.78. The molecule has 10 heteroatoms. The van der Waals surface area contributed by atoms with E-state index in [1.54, 1.807) is 6.20 Å². The van der Waals surface area contributed by atoms with E-state index in [2.05, 4.69) is 10.2 Å². The topological polar surface area (TPSA) is 69.3 Å². The number of rotatable bonds is 3. The summed E-state index contributed by atoms with van der Waals surface area (Å²) in [6, 6.07) is 5.61. The molecule has 1 N–H and O–H groups in total. The van der Waals surface area contributed by atoms with Gasteiger partial charge in [-0.15, -0.1) is 0 Å². The van der Waals surface area contributed by atoms with Crippen molar-refractivity contribution in [2.24, 2.45) is 0 Å². The van der Waals surface area contributed by atoms with E-state index in [4.69, 9.17) is 0 Å². The number of hydrogen-bond donors (Lipinski definition) is 1. The lowest BCUT2D eigenvalue weighted by Crippen LogP contribution is -2.50. The van der Waals surface area contributed by atoms with Crippen molar-refractivity contribution < 1.29 is 21.6 Å². The smallest absolute Gasteiger partial charge is 0.368 e. The van der Waals surface area contributed by atoms with E-state index in [1.165, 1.54) is 0 Å². The van der Waals surface area contributed by atoms with Crippen LogP contribution in [-0.4, -0.2) is 61.0 Å². The summed E-state index contributed by atoms with van der Waals surface area (Å²) in [5, 5.41) is 7.72. The predicted molar refractivity (Wildman–Crippen MR) is 79.7 cm³/mol. The molecule has 6 nitrogen and oxygen atoms in total. The highest BCUT2D eigenvalue weighted by atomic mass is 32.2. The molecule has 0 amide bonds. The van der Waals surface area contributed by atoms with Gasteiger partial charge in [-0.3, -0.25) is 5.10 Å². The normalized spacial score (nSPS) is 17.8. The molecule has 0 spiro atoms. The number of fused-ring (bicyclic) bond motifs is 1. The molecule has 0 unspecified atom stereocenters. The number of nitrogens with zero attached hydrogens (tertiary/aromatic N) is 3. The van der Waals surface area contributed by atoms with Crippen LogP contribution in [-0.2, 0) is 10.0 Å². The van der Waals surface area contributed by atoms with Gasteiger partial charge in [-0.2, -0.15) is 22.6 Å². The molecular formula is C13H15F3N4O2S. The van der Waals surface area contributed by atoms with Crippen molar-refractivity contribution in [1.82, 2.24) is 14.5 Å². The average Bonchev–Trinajstić information content (AvgIpc) is 2.93. The number of halogens is 3. The highest BCUT2D eigenvalue weighted by molar-refractivity contribution is 7.89. The first kappa shape index (κ1) is 16.1. The van der Waals surface area contributed by atoms with Gasteiger partial charge in [0.15, 0.2) is 5.75 Å². The monoisotopic (exact) mass is 348 g/mol. The molecule has 1 fully saturated rings. The van der Waals surface area contributed by atoms with Crippen LogP contribution in [0.5, 0.6) is 0 Å². The van der Waals surface area contributed by atoms with Crippen molar-refractivity contribution in [1.29, 1.82) is 0 Å².